The summed E-state index contributed by atoms with van der Waals surface area (Å²) in [4.78, 5) is 11.5. The fourth-order valence-corrected chi connectivity index (χ4v) is 1.28. The zero-order valence-electron chi connectivity index (χ0n) is 9.12. The fourth-order valence-electron chi connectivity index (χ4n) is 1.28. The third-order valence-corrected chi connectivity index (χ3v) is 2.25. The Morgan fingerprint density at radius 2 is 2.07 bits per heavy atom. The predicted molar refractivity (Wildman–Crippen MR) is 56.8 cm³/mol. The molecule has 2 atom stereocenters. The molecule has 84 valence electrons. The summed E-state index contributed by atoms with van der Waals surface area (Å²) in [6, 6.07) is -0.358. The van der Waals surface area contributed by atoms with Crippen LogP contribution in [0, 0.1) is 0 Å². The number of carbonyl (C=O) groups excluding carboxylic acids is 1. The Balaban J connectivity index is 3.88. The zero-order valence-corrected chi connectivity index (χ0v) is 9.12. The second kappa shape index (κ2) is 7.76. The summed E-state index contributed by atoms with van der Waals surface area (Å²) in [5, 5.41) is 11.6. The van der Waals surface area contributed by atoms with E-state index >= 15 is 0 Å². The lowest BCUT2D eigenvalue weighted by Crippen LogP contribution is -2.45. The van der Waals surface area contributed by atoms with Crippen molar-refractivity contribution in [2.24, 2.45) is 5.73 Å². The van der Waals surface area contributed by atoms with Crippen LogP contribution in [-0.2, 0) is 4.79 Å². The first-order valence-corrected chi connectivity index (χ1v) is 5.32. The van der Waals surface area contributed by atoms with E-state index < -0.39 is 6.04 Å². The molecule has 0 bridgehead atoms. The molecule has 4 N–H and O–H groups in total. The SMILES string of the molecule is CCCC(N)C(=O)NC(CC)CCO. The van der Waals surface area contributed by atoms with Gasteiger partial charge in [-0.1, -0.05) is 20.3 Å². The quantitative estimate of drug-likeness (QED) is 0.559. The Kier molecular flexibility index (Phi) is 7.42. The maximum Gasteiger partial charge on any atom is 0.237 e. The van der Waals surface area contributed by atoms with Crippen LogP contribution >= 0.6 is 0 Å². The summed E-state index contributed by atoms with van der Waals surface area (Å²) in [6.07, 6.45) is 3.04. The highest BCUT2D eigenvalue weighted by atomic mass is 16.3. The van der Waals surface area contributed by atoms with Crippen molar-refractivity contribution in [3.05, 3.63) is 0 Å². The summed E-state index contributed by atoms with van der Waals surface area (Å²) >= 11 is 0. The average Bonchev–Trinajstić information content (AvgIpc) is 2.17. The van der Waals surface area contributed by atoms with Gasteiger partial charge in [0.2, 0.25) is 5.91 Å². The van der Waals surface area contributed by atoms with Gasteiger partial charge in [0.1, 0.15) is 0 Å². The van der Waals surface area contributed by atoms with E-state index in [0.717, 1.165) is 12.8 Å². The minimum absolute atomic E-state index is 0.0513. The third kappa shape index (κ3) is 5.19. The van der Waals surface area contributed by atoms with Gasteiger partial charge >= 0.3 is 0 Å². The molecule has 0 radical (unpaired) electrons. The minimum atomic E-state index is -0.409. The standard InChI is InChI=1S/C10H22N2O2/c1-3-5-9(11)10(14)12-8(4-2)6-7-13/h8-9,13H,3-7,11H2,1-2H3,(H,12,14). The Bertz CT molecular complexity index is 162. The van der Waals surface area contributed by atoms with Crippen LogP contribution in [0.25, 0.3) is 0 Å². The maximum absolute atomic E-state index is 11.5. The number of carbonyl (C=O) groups is 1. The first kappa shape index (κ1) is 13.4. The number of nitrogens with two attached hydrogens (primary N) is 1. The van der Waals surface area contributed by atoms with Gasteiger partial charge in [0, 0.05) is 12.6 Å². The van der Waals surface area contributed by atoms with Crippen LogP contribution in [0.4, 0.5) is 0 Å². The van der Waals surface area contributed by atoms with Crippen LogP contribution in [0.3, 0.4) is 0 Å². The molecule has 0 rings (SSSR count). The molecular formula is C10H22N2O2. The first-order chi connectivity index (χ1) is 6.65. The molecule has 0 heterocycles. The zero-order chi connectivity index (χ0) is 11.0. The number of nitrogens with one attached hydrogen (secondary N) is 1. The van der Waals surface area contributed by atoms with Crippen LogP contribution < -0.4 is 11.1 Å². The van der Waals surface area contributed by atoms with E-state index in [9.17, 15) is 4.79 Å². The van der Waals surface area contributed by atoms with Crippen LogP contribution in [0.5, 0.6) is 0 Å². The highest BCUT2D eigenvalue weighted by Crippen LogP contribution is 1.99. The second-order valence-corrected chi connectivity index (χ2v) is 3.52. The van der Waals surface area contributed by atoms with Crippen molar-refractivity contribution >= 4 is 5.91 Å². The summed E-state index contributed by atoms with van der Waals surface area (Å²) in [7, 11) is 0. The normalized spacial score (nSPS) is 14.9. The van der Waals surface area contributed by atoms with Gasteiger partial charge < -0.3 is 16.2 Å². The number of amides is 1. The number of hydrogen-bond acceptors (Lipinski definition) is 3. The first-order valence-electron chi connectivity index (χ1n) is 5.32. The van der Waals surface area contributed by atoms with Gasteiger partial charge in [-0.3, -0.25) is 4.79 Å². The lowest BCUT2D eigenvalue weighted by Gasteiger charge is -2.18. The summed E-state index contributed by atoms with van der Waals surface area (Å²) in [5.74, 6) is -0.104. The highest BCUT2D eigenvalue weighted by molar-refractivity contribution is 5.81. The molecule has 4 nitrogen and oxygen atoms in total. The Morgan fingerprint density at radius 3 is 2.50 bits per heavy atom. The molecule has 0 fully saturated rings. The van der Waals surface area contributed by atoms with Crippen molar-refractivity contribution in [3.63, 3.8) is 0 Å². The van der Waals surface area contributed by atoms with E-state index in [4.69, 9.17) is 10.8 Å². The monoisotopic (exact) mass is 202 g/mol. The van der Waals surface area contributed by atoms with Crippen LogP contribution in [0.1, 0.15) is 39.5 Å². The molecule has 14 heavy (non-hydrogen) atoms. The van der Waals surface area contributed by atoms with Crippen molar-refractivity contribution in [1.29, 1.82) is 0 Å². The van der Waals surface area contributed by atoms with Gasteiger partial charge in [-0.2, -0.15) is 0 Å². The smallest absolute Gasteiger partial charge is 0.237 e. The van der Waals surface area contributed by atoms with Gasteiger partial charge in [0.05, 0.1) is 6.04 Å². The Labute approximate surface area is 85.9 Å². The number of aliphatic hydroxyl groups is 1. The van der Waals surface area contributed by atoms with Crippen molar-refractivity contribution in [3.8, 4) is 0 Å². The molecule has 0 aliphatic rings. The molecule has 0 saturated heterocycles. The molecular weight excluding hydrogens is 180 g/mol. The summed E-state index contributed by atoms with van der Waals surface area (Å²) in [6.45, 7) is 4.08. The van der Waals surface area contributed by atoms with Crippen molar-refractivity contribution < 1.29 is 9.90 Å². The van der Waals surface area contributed by atoms with Crippen LogP contribution in [0.2, 0.25) is 0 Å². The summed E-state index contributed by atoms with van der Waals surface area (Å²) < 4.78 is 0. The Hall–Kier alpha value is -0.610. The molecule has 0 spiro atoms. The van der Waals surface area contributed by atoms with Crippen LogP contribution in [0.15, 0.2) is 0 Å². The van der Waals surface area contributed by atoms with Crippen molar-refractivity contribution in [2.45, 2.75) is 51.6 Å². The predicted octanol–water partition coefficient (Wildman–Crippen LogP) is 0.391. The average molecular weight is 202 g/mol. The van der Waals surface area contributed by atoms with Gasteiger partial charge in [0.25, 0.3) is 0 Å². The Morgan fingerprint density at radius 1 is 1.43 bits per heavy atom. The number of aliphatic hydroxyl groups excluding tert-OH is 1. The highest BCUT2D eigenvalue weighted by Gasteiger charge is 2.15. The van der Waals surface area contributed by atoms with E-state index in [1.54, 1.807) is 0 Å². The minimum Gasteiger partial charge on any atom is -0.396 e. The van der Waals surface area contributed by atoms with Gasteiger partial charge in [-0.25, -0.2) is 0 Å². The molecule has 4 heteroatoms. The second-order valence-electron chi connectivity index (χ2n) is 3.52. The molecule has 0 aromatic heterocycles. The molecule has 0 aromatic carbocycles. The molecule has 0 aromatic rings. The van der Waals surface area contributed by atoms with Crippen molar-refractivity contribution in [2.75, 3.05) is 6.61 Å². The van der Waals surface area contributed by atoms with Crippen LogP contribution in [-0.4, -0.2) is 29.7 Å². The lowest BCUT2D eigenvalue weighted by molar-refractivity contribution is -0.123. The van der Waals surface area contributed by atoms with E-state index in [1.807, 2.05) is 13.8 Å². The molecule has 1 amide bonds. The third-order valence-electron chi connectivity index (χ3n) is 2.25. The number of rotatable bonds is 7. The summed E-state index contributed by atoms with van der Waals surface area (Å²) in [5.41, 5.74) is 5.65. The lowest BCUT2D eigenvalue weighted by atomic mass is 10.1. The fraction of sp³-hybridized carbons (Fsp3) is 0.900. The van der Waals surface area contributed by atoms with Crippen molar-refractivity contribution in [1.82, 2.24) is 5.32 Å². The van der Waals surface area contributed by atoms with E-state index in [-0.39, 0.29) is 18.6 Å². The molecule has 0 aliphatic carbocycles. The van der Waals surface area contributed by atoms with Gasteiger partial charge in [-0.05, 0) is 19.3 Å². The maximum atomic E-state index is 11.5. The van der Waals surface area contributed by atoms with E-state index in [2.05, 4.69) is 5.32 Å². The molecule has 0 saturated carbocycles. The van der Waals surface area contributed by atoms with E-state index in [0.29, 0.717) is 12.8 Å². The van der Waals surface area contributed by atoms with Gasteiger partial charge in [-0.15, -0.1) is 0 Å². The molecule has 0 aliphatic heterocycles. The topological polar surface area (TPSA) is 75.4 Å². The van der Waals surface area contributed by atoms with Gasteiger partial charge in [0.15, 0.2) is 0 Å². The number of hydrogen-bond donors (Lipinski definition) is 3. The largest absolute Gasteiger partial charge is 0.396 e. The molecule has 2 unspecified atom stereocenters. The van der Waals surface area contributed by atoms with E-state index in [1.165, 1.54) is 0 Å².